The van der Waals surface area contributed by atoms with Gasteiger partial charge in [-0.3, -0.25) is 0 Å². The van der Waals surface area contributed by atoms with Gasteiger partial charge in [-0.1, -0.05) is 0 Å². The van der Waals surface area contributed by atoms with Crippen molar-refractivity contribution >= 4 is 6.09 Å². The highest BCUT2D eigenvalue weighted by Gasteiger charge is 2.31. The third kappa shape index (κ3) is 5.89. The van der Waals surface area contributed by atoms with E-state index in [-0.39, 0.29) is 18.2 Å². The molecule has 0 radical (unpaired) electrons. The highest BCUT2D eigenvalue weighted by Crippen LogP contribution is 2.20. The molecule has 0 aromatic carbocycles. The molecule has 5 nitrogen and oxygen atoms in total. The van der Waals surface area contributed by atoms with E-state index in [0.29, 0.717) is 12.6 Å². The predicted molar refractivity (Wildman–Crippen MR) is 65.9 cm³/mol. The molecule has 0 aliphatic heterocycles. The number of carbonyl (C=O) groups is 1. The first-order valence-electron chi connectivity index (χ1n) is 6.17. The molecule has 0 spiro atoms. The SMILES string of the molecule is C[C@H](O)CNC1CC(NC(=O)OC(C)(C)C)C1. The second kappa shape index (κ2) is 5.69. The van der Waals surface area contributed by atoms with Gasteiger partial charge in [-0.15, -0.1) is 0 Å². The van der Waals surface area contributed by atoms with Gasteiger partial charge < -0.3 is 20.5 Å². The van der Waals surface area contributed by atoms with Crippen LogP contribution in [0, 0.1) is 0 Å². The van der Waals surface area contributed by atoms with Crippen LogP contribution in [0.4, 0.5) is 4.79 Å². The lowest BCUT2D eigenvalue weighted by molar-refractivity contribution is 0.0461. The van der Waals surface area contributed by atoms with Gasteiger partial charge in [0.2, 0.25) is 0 Å². The lowest BCUT2D eigenvalue weighted by atomic mass is 9.87. The Morgan fingerprint density at radius 3 is 2.47 bits per heavy atom. The van der Waals surface area contributed by atoms with Crippen LogP contribution in [0.1, 0.15) is 40.5 Å². The molecule has 1 aliphatic rings. The van der Waals surface area contributed by atoms with Crippen LogP contribution in [0.2, 0.25) is 0 Å². The van der Waals surface area contributed by atoms with Crippen molar-refractivity contribution in [1.29, 1.82) is 0 Å². The molecule has 17 heavy (non-hydrogen) atoms. The normalized spacial score (nSPS) is 25.9. The van der Waals surface area contributed by atoms with Crippen LogP contribution in [0.15, 0.2) is 0 Å². The van der Waals surface area contributed by atoms with Crippen molar-refractivity contribution in [2.75, 3.05) is 6.54 Å². The molecule has 0 saturated heterocycles. The van der Waals surface area contributed by atoms with Gasteiger partial charge in [0.05, 0.1) is 6.10 Å². The Balaban J connectivity index is 2.11. The Labute approximate surface area is 103 Å². The monoisotopic (exact) mass is 244 g/mol. The smallest absolute Gasteiger partial charge is 0.407 e. The fraction of sp³-hybridized carbons (Fsp3) is 0.917. The van der Waals surface area contributed by atoms with Gasteiger partial charge >= 0.3 is 6.09 Å². The maximum Gasteiger partial charge on any atom is 0.407 e. The van der Waals surface area contributed by atoms with E-state index in [4.69, 9.17) is 9.84 Å². The van der Waals surface area contributed by atoms with Crippen molar-refractivity contribution in [2.45, 2.75) is 64.3 Å². The number of hydrogen-bond donors (Lipinski definition) is 3. The highest BCUT2D eigenvalue weighted by molar-refractivity contribution is 5.68. The second-order valence-electron chi connectivity index (χ2n) is 5.77. The standard InChI is InChI=1S/C12H24N2O3/c1-8(15)7-13-9-5-10(6-9)14-11(16)17-12(2,3)4/h8-10,13,15H,5-7H2,1-4H3,(H,14,16)/t8-,9?,10?/m0/s1. The van der Waals surface area contributed by atoms with Crippen molar-refractivity contribution in [2.24, 2.45) is 0 Å². The average Bonchev–Trinajstić information content (AvgIpc) is 2.04. The van der Waals surface area contributed by atoms with E-state index in [9.17, 15) is 4.79 Å². The second-order valence-corrected chi connectivity index (χ2v) is 5.77. The third-order valence-corrected chi connectivity index (χ3v) is 2.56. The number of aliphatic hydroxyl groups excluding tert-OH is 1. The minimum absolute atomic E-state index is 0.191. The Bertz CT molecular complexity index is 255. The summed E-state index contributed by atoms with van der Waals surface area (Å²) >= 11 is 0. The van der Waals surface area contributed by atoms with Gasteiger partial charge in [0.1, 0.15) is 5.60 Å². The van der Waals surface area contributed by atoms with Crippen LogP contribution in [0.3, 0.4) is 0 Å². The molecular formula is C12H24N2O3. The van der Waals surface area contributed by atoms with Crippen molar-refractivity contribution < 1.29 is 14.6 Å². The molecule has 1 atom stereocenters. The molecule has 0 heterocycles. The Hall–Kier alpha value is -0.810. The maximum atomic E-state index is 11.4. The number of nitrogens with one attached hydrogen (secondary N) is 2. The molecule has 1 saturated carbocycles. The van der Waals surface area contributed by atoms with Crippen molar-refractivity contribution in [3.63, 3.8) is 0 Å². The van der Waals surface area contributed by atoms with E-state index in [2.05, 4.69) is 10.6 Å². The molecule has 0 bridgehead atoms. The van der Waals surface area contributed by atoms with Crippen LogP contribution in [0.25, 0.3) is 0 Å². The van der Waals surface area contributed by atoms with Gasteiger partial charge in [0.15, 0.2) is 0 Å². The number of carbonyl (C=O) groups excluding carboxylic acids is 1. The first-order valence-corrected chi connectivity index (χ1v) is 6.17. The van der Waals surface area contributed by atoms with Crippen LogP contribution in [0.5, 0.6) is 0 Å². The number of alkyl carbamates (subject to hydrolysis) is 1. The Morgan fingerprint density at radius 2 is 2.00 bits per heavy atom. The van der Waals surface area contributed by atoms with E-state index >= 15 is 0 Å². The summed E-state index contributed by atoms with van der Waals surface area (Å²) in [6.07, 6.45) is 1.11. The van der Waals surface area contributed by atoms with Crippen LogP contribution in [-0.4, -0.2) is 41.5 Å². The lowest BCUT2D eigenvalue weighted by Gasteiger charge is -2.37. The lowest BCUT2D eigenvalue weighted by Crippen LogP contribution is -2.54. The number of aliphatic hydroxyl groups is 1. The molecular weight excluding hydrogens is 220 g/mol. The zero-order valence-corrected chi connectivity index (χ0v) is 11.1. The number of hydrogen-bond acceptors (Lipinski definition) is 4. The molecule has 100 valence electrons. The zero-order valence-electron chi connectivity index (χ0n) is 11.1. The first-order chi connectivity index (χ1) is 7.76. The number of ether oxygens (including phenoxy) is 1. The van der Waals surface area contributed by atoms with Gasteiger partial charge in [-0.25, -0.2) is 4.79 Å². The maximum absolute atomic E-state index is 11.4. The minimum atomic E-state index is -0.447. The van der Waals surface area contributed by atoms with E-state index < -0.39 is 5.60 Å². The van der Waals surface area contributed by atoms with Crippen molar-refractivity contribution in [3.8, 4) is 0 Å². The first kappa shape index (κ1) is 14.3. The van der Waals surface area contributed by atoms with E-state index in [1.54, 1.807) is 6.92 Å². The van der Waals surface area contributed by atoms with Gasteiger partial charge in [-0.2, -0.15) is 0 Å². The van der Waals surface area contributed by atoms with Crippen molar-refractivity contribution in [1.82, 2.24) is 10.6 Å². The minimum Gasteiger partial charge on any atom is -0.444 e. The number of rotatable bonds is 4. The van der Waals surface area contributed by atoms with E-state index in [1.807, 2.05) is 20.8 Å². The van der Waals surface area contributed by atoms with Crippen molar-refractivity contribution in [3.05, 3.63) is 0 Å². The van der Waals surface area contributed by atoms with Gasteiger partial charge in [0.25, 0.3) is 0 Å². The summed E-state index contributed by atoms with van der Waals surface area (Å²) in [6.45, 7) is 7.90. The summed E-state index contributed by atoms with van der Waals surface area (Å²) in [7, 11) is 0. The fourth-order valence-corrected chi connectivity index (χ4v) is 1.71. The summed E-state index contributed by atoms with van der Waals surface area (Å²) in [5, 5.41) is 15.2. The molecule has 1 fully saturated rings. The Kier molecular flexibility index (Phi) is 4.77. The number of amides is 1. The molecule has 0 aromatic rings. The Morgan fingerprint density at radius 1 is 1.41 bits per heavy atom. The largest absolute Gasteiger partial charge is 0.444 e. The molecule has 3 N–H and O–H groups in total. The van der Waals surface area contributed by atoms with Crippen LogP contribution < -0.4 is 10.6 Å². The molecule has 1 amide bonds. The zero-order chi connectivity index (χ0) is 13.1. The third-order valence-electron chi connectivity index (χ3n) is 2.56. The van der Waals surface area contributed by atoms with Crippen LogP contribution in [-0.2, 0) is 4.74 Å². The summed E-state index contributed by atoms with van der Waals surface area (Å²) in [5.74, 6) is 0. The fourth-order valence-electron chi connectivity index (χ4n) is 1.71. The average molecular weight is 244 g/mol. The molecule has 1 rings (SSSR count). The van der Waals surface area contributed by atoms with Crippen LogP contribution >= 0.6 is 0 Å². The molecule has 1 aliphatic carbocycles. The van der Waals surface area contributed by atoms with Gasteiger partial charge in [0, 0.05) is 18.6 Å². The predicted octanol–water partition coefficient (Wildman–Crippen LogP) is 1.01. The quantitative estimate of drug-likeness (QED) is 0.690. The summed E-state index contributed by atoms with van der Waals surface area (Å²) in [4.78, 5) is 11.4. The topological polar surface area (TPSA) is 70.6 Å². The van der Waals surface area contributed by atoms with E-state index in [0.717, 1.165) is 12.8 Å². The molecule has 5 heteroatoms. The van der Waals surface area contributed by atoms with Gasteiger partial charge in [-0.05, 0) is 40.5 Å². The summed E-state index contributed by atoms with van der Waals surface area (Å²) in [5.41, 5.74) is -0.447. The molecule has 0 aromatic heterocycles. The van der Waals surface area contributed by atoms with E-state index in [1.165, 1.54) is 0 Å². The summed E-state index contributed by atoms with van der Waals surface area (Å²) < 4.78 is 5.17. The molecule has 0 unspecified atom stereocenters. The highest BCUT2D eigenvalue weighted by atomic mass is 16.6. The summed E-state index contributed by atoms with van der Waals surface area (Å²) in [6, 6.07) is 0.584.